The van der Waals surface area contributed by atoms with Crippen molar-refractivity contribution in [2.45, 2.75) is 6.04 Å². The Balaban J connectivity index is 1.48. The summed E-state index contributed by atoms with van der Waals surface area (Å²) in [6, 6.07) is 2.32. The highest BCUT2D eigenvalue weighted by atomic mass is 35.5. The lowest BCUT2D eigenvalue weighted by atomic mass is 10.1. The molecule has 0 aliphatic carbocycles. The first-order chi connectivity index (χ1) is 10.3. The normalized spacial score (nSPS) is 15.2. The van der Waals surface area contributed by atoms with Crippen LogP contribution >= 0.6 is 22.9 Å². The third-order valence-corrected chi connectivity index (χ3v) is 4.59. The van der Waals surface area contributed by atoms with Gasteiger partial charge in [-0.1, -0.05) is 11.6 Å². The molecule has 0 saturated carbocycles. The Labute approximate surface area is 129 Å². The van der Waals surface area contributed by atoms with Crippen LogP contribution in [-0.2, 0) is 0 Å². The topological polar surface area (TPSA) is 66.8 Å². The molecule has 0 spiro atoms. The second-order valence-corrected chi connectivity index (χ2v) is 6.12. The molecule has 1 aliphatic heterocycles. The van der Waals surface area contributed by atoms with Crippen molar-refractivity contribution >= 4 is 44.8 Å². The number of halogens is 1. The summed E-state index contributed by atoms with van der Waals surface area (Å²) in [4.78, 5) is 18.9. The van der Waals surface area contributed by atoms with Crippen molar-refractivity contribution < 1.29 is 0 Å². The molecule has 0 bridgehead atoms. The van der Waals surface area contributed by atoms with Crippen LogP contribution in [0.15, 0.2) is 30.3 Å². The van der Waals surface area contributed by atoms with E-state index in [0.29, 0.717) is 16.9 Å². The fourth-order valence-electron chi connectivity index (χ4n) is 2.36. The van der Waals surface area contributed by atoms with E-state index >= 15 is 0 Å². The molecular weight excluding hydrogens is 308 g/mol. The van der Waals surface area contributed by atoms with Gasteiger partial charge in [-0.25, -0.2) is 19.9 Å². The van der Waals surface area contributed by atoms with Gasteiger partial charge >= 0.3 is 0 Å². The molecule has 1 fully saturated rings. The zero-order chi connectivity index (χ0) is 14.2. The molecule has 0 radical (unpaired) electrons. The van der Waals surface area contributed by atoms with Gasteiger partial charge in [-0.15, -0.1) is 11.3 Å². The predicted octanol–water partition coefficient (Wildman–Crippen LogP) is 2.44. The minimum Gasteiger partial charge on any atom is -0.362 e. The van der Waals surface area contributed by atoms with E-state index in [0.717, 1.165) is 29.1 Å². The molecule has 3 aromatic rings. The van der Waals surface area contributed by atoms with Crippen molar-refractivity contribution in [2.24, 2.45) is 0 Å². The maximum atomic E-state index is 6.05. The Morgan fingerprint density at radius 2 is 2.14 bits per heavy atom. The van der Waals surface area contributed by atoms with Crippen LogP contribution in [0.4, 0.5) is 11.6 Å². The van der Waals surface area contributed by atoms with E-state index in [2.05, 4.69) is 30.2 Å². The summed E-state index contributed by atoms with van der Waals surface area (Å²) < 4.78 is 1.14. The second kappa shape index (κ2) is 5.09. The second-order valence-electron chi connectivity index (χ2n) is 4.80. The number of hydrogen-bond acceptors (Lipinski definition) is 7. The van der Waals surface area contributed by atoms with Crippen molar-refractivity contribution in [1.29, 1.82) is 0 Å². The maximum absolute atomic E-state index is 6.05. The number of aromatic nitrogens is 4. The van der Waals surface area contributed by atoms with Crippen molar-refractivity contribution in [3.05, 3.63) is 35.3 Å². The fourth-order valence-corrected chi connectivity index (χ4v) is 3.38. The number of nitrogens with zero attached hydrogens (tertiary/aromatic N) is 5. The molecule has 1 saturated heterocycles. The Kier molecular flexibility index (Phi) is 3.08. The van der Waals surface area contributed by atoms with Gasteiger partial charge in [0.2, 0.25) is 0 Å². The average molecular weight is 319 g/mol. The van der Waals surface area contributed by atoms with Crippen molar-refractivity contribution in [1.82, 2.24) is 19.9 Å². The Morgan fingerprint density at radius 3 is 3.00 bits per heavy atom. The quantitative estimate of drug-likeness (QED) is 0.800. The largest absolute Gasteiger partial charge is 0.362 e. The highest BCUT2D eigenvalue weighted by Gasteiger charge is 2.29. The summed E-state index contributed by atoms with van der Waals surface area (Å²) in [6.07, 6.45) is 4.70. The SMILES string of the molecule is Clc1cncnc1NC1CN(c2ncnc3ccsc23)C1. The molecule has 21 heavy (non-hydrogen) atoms. The van der Waals surface area contributed by atoms with E-state index in [9.17, 15) is 0 Å². The number of fused-ring (bicyclic) bond motifs is 1. The van der Waals surface area contributed by atoms with Crippen LogP contribution in [0.1, 0.15) is 0 Å². The highest BCUT2D eigenvalue weighted by molar-refractivity contribution is 7.17. The average Bonchev–Trinajstić information content (AvgIpc) is 2.93. The molecule has 4 rings (SSSR count). The van der Waals surface area contributed by atoms with E-state index in [1.165, 1.54) is 6.33 Å². The smallest absolute Gasteiger partial charge is 0.150 e. The Hall–Kier alpha value is -1.99. The summed E-state index contributed by atoms with van der Waals surface area (Å²) in [6.45, 7) is 1.73. The summed E-state index contributed by atoms with van der Waals surface area (Å²) in [5, 5.41) is 5.90. The lowest BCUT2D eigenvalue weighted by Gasteiger charge is -2.40. The van der Waals surface area contributed by atoms with Crippen molar-refractivity contribution in [3.8, 4) is 0 Å². The zero-order valence-electron chi connectivity index (χ0n) is 10.9. The van der Waals surface area contributed by atoms with Gasteiger partial charge in [0, 0.05) is 13.1 Å². The number of anilines is 2. The van der Waals surface area contributed by atoms with E-state index in [-0.39, 0.29) is 0 Å². The maximum Gasteiger partial charge on any atom is 0.150 e. The van der Waals surface area contributed by atoms with Gasteiger partial charge in [-0.2, -0.15) is 0 Å². The van der Waals surface area contributed by atoms with Gasteiger partial charge < -0.3 is 10.2 Å². The van der Waals surface area contributed by atoms with E-state index in [1.807, 2.05) is 11.4 Å². The molecule has 6 nitrogen and oxygen atoms in total. The lowest BCUT2D eigenvalue weighted by molar-refractivity contribution is 0.545. The van der Waals surface area contributed by atoms with Crippen LogP contribution in [-0.4, -0.2) is 39.1 Å². The van der Waals surface area contributed by atoms with E-state index < -0.39 is 0 Å². The molecule has 106 valence electrons. The molecule has 1 aliphatic rings. The lowest BCUT2D eigenvalue weighted by Crippen LogP contribution is -2.55. The van der Waals surface area contributed by atoms with E-state index in [1.54, 1.807) is 23.9 Å². The standard InChI is InChI=1S/C13H11ClN6S/c14-9-3-15-6-17-12(9)19-8-4-20(5-8)13-11-10(1-2-21-11)16-7-18-13/h1-3,6-8H,4-5H2,(H,15,17,19). The molecule has 1 N–H and O–H groups in total. The molecule has 0 unspecified atom stereocenters. The summed E-state index contributed by atoms with van der Waals surface area (Å²) >= 11 is 7.72. The first-order valence-corrected chi connectivity index (χ1v) is 7.72. The van der Waals surface area contributed by atoms with Gasteiger partial charge in [-0.3, -0.25) is 0 Å². The van der Waals surface area contributed by atoms with Crippen LogP contribution in [0.25, 0.3) is 10.2 Å². The molecule has 0 atom stereocenters. The molecule has 0 amide bonds. The van der Waals surface area contributed by atoms with Crippen molar-refractivity contribution in [2.75, 3.05) is 23.3 Å². The number of thiophene rings is 1. The van der Waals surface area contributed by atoms with Gasteiger partial charge in [0.05, 0.1) is 22.5 Å². The van der Waals surface area contributed by atoms with Crippen LogP contribution in [0.2, 0.25) is 5.02 Å². The molecular formula is C13H11ClN6S. The van der Waals surface area contributed by atoms with Gasteiger partial charge in [-0.05, 0) is 11.4 Å². The fraction of sp³-hybridized carbons (Fsp3) is 0.231. The Morgan fingerprint density at radius 1 is 1.24 bits per heavy atom. The number of hydrogen-bond donors (Lipinski definition) is 1. The monoisotopic (exact) mass is 318 g/mol. The number of nitrogens with one attached hydrogen (secondary N) is 1. The predicted molar refractivity (Wildman–Crippen MR) is 84.1 cm³/mol. The summed E-state index contributed by atoms with van der Waals surface area (Å²) in [7, 11) is 0. The van der Waals surface area contributed by atoms with Crippen LogP contribution in [0.3, 0.4) is 0 Å². The summed E-state index contributed by atoms with van der Waals surface area (Å²) in [5.74, 6) is 1.68. The van der Waals surface area contributed by atoms with Gasteiger partial charge in [0.15, 0.2) is 0 Å². The van der Waals surface area contributed by atoms with Crippen LogP contribution in [0, 0.1) is 0 Å². The minimum absolute atomic E-state index is 0.308. The highest BCUT2D eigenvalue weighted by Crippen LogP contribution is 2.31. The molecule has 8 heteroatoms. The number of rotatable bonds is 3. The molecule has 3 aromatic heterocycles. The van der Waals surface area contributed by atoms with Gasteiger partial charge in [0.1, 0.15) is 29.3 Å². The van der Waals surface area contributed by atoms with Crippen LogP contribution < -0.4 is 10.2 Å². The molecule has 4 heterocycles. The van der Waals surface area contributed by atoms with Gasteiger partial charge in [0.25, 0.3) is 0 Å². The zero-order valence-corrected chi connectivity index (χ0v) is 12.5. The van der Waals surface area contributed by atoms with E-state index in [4.69, 9.17) is 11.6 Å². The Bertz CT molecular complexity index is 785. The first kappa shape index (κ1) is 12.7. The minimum atomic E-state index is 0.308. The third kappa shape index (κ3) is 2.28. The van der Waals surface area contributed by atoms with Crippen molar-refractivity contribution in [3.63, 3.8) is 0 Å². The summed E-state index contributed by atoms with van der Waals surface area (Å²) in [5.41, 5.74) is 1.00. The third-order valence-electron chi connectivity index (χ3n) is 3.41. The molecule has 0 aromatic carbocycles. The first-order valence-electron chi connectivity index (χ1n) is 6.46. The van der Waals surface area contributed by atoms with Crippen LogP contribution in [0.5, 0.6) is 0 Å².